The molecule has 0 amide bonds. The van der Waals surface area contributed by atoms with Crippen LogP contribution in [0.3, 0.4) is 0 Å². The van der Waals surface area contributed by atoms with Gasteiger partial charge in [0.1, 0.15) is 11.5 Å². The Balaban J connectivity index is 2.18. The number of methoxy groups -OCH3 is 2. The van der Waals surface area contributed by atoms with Crippen molar-refractivity contribution in [1.82, 2.24) is 0 Å². The molecule has 0 radical (unpaired) electrons. The molecule has 4 heteroatoms. The Labute approximate surface area is 135 Å². The van der Waals surface area contributed by atoms with E-state index >= 15 is 0 Å². The highest BCUT2D eigenvalue weighted by Gasteiger charge is 2.21. The minimum Gasteiger partial charge on any atom is -0.497 e. The smallest absolute Gasteiger partial charge is 0.176 e. The van der Waals surface area contributed by atoms with Crippen molar-refractivity contribution in [3.8, 4) is 11.5 Å². The molecule has 2 rings (SSSR count). The topological polar surface area (TPSA) is 35.5 Å². The molecule has 0 N–H and O–H groups in total. The predicted octanol–water partition coefficient (Wildman–Crippen LogP) is 4.46. The van der Waals surface area contributed by atoms with E-state index in [4.69, 9.17) is 9.47 Å². The van der Waals surface area contributed by atoms with Gasteiger partial charge in [-0.3, -0.25) is 4.79 Å². The number of ether oxygens (including phenoxy) is 2. The van der Waals surface area contributed by atoms with Gasteiger partial charge in [-0.1, -0.05) is 19.1 Å². The maximum Gasteiger partial charge on any atom is 0.176 e. The van der Waals surface area contributed by atoms with Gasteiger partial charge in [-0.25, -0.2) is 0 Å². The Morgan fingerprint density at radius 3 is 2.32 bits per heavy atom. The number of hydrogen-bond donors (Lipinski definition) is 0. The van der Waals surface area contributed by atoms with E-state index in [9.17, 15) is 4.79 Å². The summed E-state index contributed by atoms with van der Waals surface area (Å²) in [4.78, 5) is 13.7. The number of para-hydroxylation sites is 1. The average molecular weight is 316 g/mol. The molecule has 0 saturated carbocycles. The number of benzene rings is 2. The van der Waals surface area contributed by atoms with Crippen LogP contribution in [0.2, 0.25) is 0 Å². The number of rotatable bonds is 7. The molecule has 0 spiro atoms. The molecule has 1 unspecified atom stereocenters. The van der Waals surface area contributed by atoms with E-state index in [0.717, 1.165) is 22.8 Å². The fourth-order valence-corrected chi connectivity index (χ4v) is 3.27. The first-order valence-corrected chi connectivity index (χ1v) is 8.05. The summed E-state index contributed by atoms with van der Waals surface area (Å²) in [5.41, 5.74) is 0.704. The Morgan fingerprint density at radius 1 is 1.05 bits per heavy atom. The quantitative estimate of drug-likeness (QED) is 0.558. The summed E-state index contributed by atoms with van der Waals surface area (Å²) in [7, 11) is 3.26. The fraction of sp³-hybridized carbons (Fsp3) is 0.278. The van der Waals surface area contributed by atoms with Crippen LogP contribution in [0, 0.1) is 0 Å². The van der Waals surface area contributed by atoms with Crippen LogP contribution < -0.4 is 9.47 Å². The molecular weight excluding hydrogens is 296 g/mol. The van der Waals surface area contributed by atoms with E-state index in [1.807, 2.05) is 55.5 Å². The highest BCUT2D eigenvalue weighted by molar-refractivity contribution is 8.00. The minimum absolute atomic E-state index is 0.126. The van der Waals surface area contributed by atoms with Gasteiger partial charge in [0.25, 0.3) is 0 Å². The molecule has 2 aromatic carbocycles. The van der Waals surface area contributed by atoms with Gasteiger partial charge >= 0.3 is 0 Å². The van der Waals surface area contributed by atoms with Gasteiger partial charge in [-0.2, -0.15) is 0 Å². The Morgan fingerprint density at radius 2 is 1.73 bits per heavy atom. The molecule has 0 aliphatic carbocycles. The summed E-state index contributed by atoms with van der Waals surface area (Å²) in [5, 5.41) is -0.135. The molecule has 0 fully saturated rings. The van der Waals surface area contributed by atoms with E-state index < -0.39 is 0 Å². The van der Waals surface area contributed by atoms with Crippen molar-refractivity contribution in [2.24, 2.45) is 0 Å². The summed E-state index contributed by atoms with van der Waals surface area (Å²) in [6.07, 6.45) is 0.758. The van der Waals surface area contributed by atoms with Crippen molar-refractivity contribution in [3.05, 3.63) is 54.1 Å². The summed E-state index contributed by atoms with van der Waals surface area (Å²) in [5.74, 6) is 1.68. The van der Waals surface area contributed by atoms with E-state index in [-0.39, 0.29) is 11.0 Å². The lowest BCUT2D eigenvalue weighted by molar-refractivity contribution is 0.0988. The van der Waals surface area contributed by atoms with Crippen molar-refractivity contribution < 1.29 is 14.3 Å². The number of ketones is 1. The van der Waals surface area contributed by atoms with Crippen LogP contribution in [0.25, 0.3) is 0 Å². The zero-order valence-electron chi connectivity index (χ0n) is 13.0. The van der Waals surface area contributed by atoms with Gasteiger partial charge < -0.3 is 9.47 Å². The Kier molecular flexibility index (Phi) is 5.90. The van der Waals surface area contributed by atoms with Gasteiger partial charge in [0.2, 0.25) is 0 Å². The zero-order valence-corrected chi connectivity index (χ0v) is 13.9. The number of Topliss-reactive ketones (excluding diaryl/α,β-unsaturated/α-hetero) is 1. The van der Waals surface area contributed by atoms with Gasteiger partial charge in [0.05, 0.1) is 24.4 Å². The van der Waals surface area contributed by atoms with Crippen LogP contribution in [0.1, 0.15) is 23.7 Å². The molecule has 1 atom stereocenters. The molecule has 0 aliphatic rings. The standard InChI is InChI=1S/C18H20O3S/c1-4-16(22-17-8-6-5-7-15(17)21-3)18(19)13-9-11-14(20-2)12-10-13/h5-12,16H,4H2,1-3H3. The third kappa shape index (κ3) is 3.83. The molecule has 116 valence electrons. The van der Waals surface area contributed by atoms with Gasteiger partial charge in [0, 0.05) is 5.56 Å². The number of thioether (sulfide) groups is 1. The molecule has 0 aromatic heterocycles. The van der Waals surface area contributed by atoms with Crippen LogP contribution >= 0.6 is 11.8 Å². The molecule has 2 aromatic rings. The summed E-state index contributed by atoms with van der Waals surface area (Å²) in [6.45, 7) is 2.02. The third-order valence-electron chi connectivity index (χ3n) is 3.38. The first-order chi connectivity index (χ1) is 10.7. The van der Waals surface area contributed by atoms with Gasteiger partial charge in [0.15, 0.2) is 5.78 Å². The van der Waals surface area contributed by atoms with Crippen LogP contribution in [-0.4, -0.2) is 25.3 Å². The maximum absolute atomic E-state index is 12.7. The Hall–Kier alpha value is -1.94. The van der Waals surface area contributed by atoms with E-state index in [2.05, 4.69) is 0 Å². The monoisotopic (exact) mass is 316 g/mol. The van der Waals surface area contributed by atoms with Crippen LogP contribution in [0.15, 0.2) is 53.4 Å². The maximum atomic E-state index is 12.7. The summed E-state index contributed by atoms with van der Waals surface area (Å²) < 4.78 is 10.5. The minimum atomic E-state index is -0.135. The van der Waals surface area contributed by atoms with Crippen molar-refractivity contribution in [2.45, 2.75) is 23.5 Å². The second-order valence-corrected chi connectivity index (χ2v) is 6.00. The normalized spacial score (nSPS) is 11.8. The lowest BCUT2D eigenvalue weighted by Crippen LogP contribution is -2.16. The fourth-order valence-electron chi connectivity index (χ4n) is 2.13. The van der Waals surface area contributed by atoms with Crippen LogP contribution in [-0.2, 0) is 0 Å². The van der Waals surface area contributed by atoms with Crippen molar-refractivity contribution in [3.63, 3.8) is 0 Å². The molecule has 3 nitrogen and oxygen atoms in total. The number of carbonyl (C=O) groups is 1. The predicted molar refractivity (Wildman–Crippen MR) is 90.3 cm³/mol. The molecule has 0 bridgehead atoms. The summed E-state index contributed by atoms with van der Waals surface area (Å²) in [6, 6.07) is 15.0. The molecule has 0 heterocycles. The third-order valence-corrected chi connectivity index (χ3v) is 4.80. The van der Waals surface area contributed by atoms with Crippen molar-refractivity contribution in [1.29, 1.82) is 0 Å². The summed E-state index contributed by atoms with van der Waals surface area (Å²) >= 11 is 1.55. The Bertz CT molecular complexity index is 622. The second-order valence-electron chi connectivity index (χ2n) is 4.76. The SMILES string of the molecule is CCC(Sc1ccccc1OC)C(=O)c1ccc(OC)cc1. The highest BCUT2D eigenvalue weighted by atomic mass is 32.2. The average Bonchev–Trinajstić information content (AvgIpc) is 2.59. The van der Waals surface area contributed by atoms with Crippen molar-refractivity contribution >= 4 is 17.5 Å². The van der Waals surface area contributed by atoms with Gasteiger partial charge in [-0.05, 0) is 42.8 Å². The molecule has 22 heavy (non-hydrogen) atoms. The first-order valence-electron chi connectivity index (χ1n) is 7.17. The highest BCUT2D eigenvalue weighted by Crippen LogP contribution is 2.34. The van der Waals surface area contributed by atoms with E-state index in [1.165, 1.54) is 0 Å². The lowest BCUT2D eigenvalue weighted by atomic mass is 10.1. The van der Waals surface area contributed by atoms with Crippen LogP contribution in [0.4, 0.5) is 0 Å². The lowest BCUT2D eigenvalue weighted by Gasteiger charge is -2.15. The second kappa shape index (κ2) is 7.90. The first kappa shape index (κ1) is 16.4. The zero-order chi connectivity index (χ0) is 15.9. The number of carbonyl (C=O) groups excluding carboxylic acids is 1. The molecule has 0 aliphatic heterocycles. The van der Waals surface area contributed by atoms with E-state index in [1.54, 1.807) is 26.0 Å². The molecule has 0 saturated heterocycles. The van der Waals surface area contributed by atoms with Gasteiger partial charge in [-0.15, -0.1) is 11.8 Å². The largest absolute Gasteiger partial charge is 0.497 e. The van der Waals surface area contributed by atoms with Crippen LogP contribution in [0.5, 0.6) is 11.5 Å². The van der Waals surface area contributed by atoms with Crippen molar-refractivity contribution in [2.75, 3.05) is 14.2 Å². The number of hydrogen-bond acceptors (Lipinski definition) is 4. The van der Waals surface area contributed by atoms with E-state index in [0.29, 0.717) is 5.56 Å². The molecular formula is C18H20O3S.